The minimum atomic E-state index is -0.202. The highest BCUT2D eigenvalue weighted by atomic mass is 35.5. The first-order valence-electron chi connectivity index (χ1n) is 8.97. The summed E-state index contributed by atoms with van der Waals surface area (Å²) in [6.07, 6.45) is 3.66. The number of hydrogen-bond donors (Lipinski definition) is 3. The standard InChI is InChI=1S/C20H25N3O2.ClH/c24-19(9-8-15-10-12-21-13-11-15)22-14-20(25)23-18-7-3-5-16-4-1-2-6-17(16)18;/h1-7,15,21H,8-14H2,(H,22,24)(H,23,25);1H. The van der Waals surface area contributed by atoms with Gasteiger partial charge in [0, 0.05) is 17.5 Å². The second-order valence-corrected chi connectivity index (χ2v) is 6.58. The van der Waals surface area contributed by atoms with Crippen molar-refractivity contribution in [3.63, 3.8) is 0 Å². The predicted molar refractivity (Wildman–Crippen MR) is 108 cm³/mol. The Morgan fingerprint density at radius 2 is 1.73 bits per heavy atom. The smallest absolute Gasteiger partial charge is 0.243 e. The van der Waals surface area contributed by atoms with Gasteiger partial charge in [-0.25, -0.2) is 0 Å². The van der Waals surface area contributed by atoms with Crippen molar-refractivity contribution in [3.05, 3.63) is 42.5 Å². The van der Waals surface area contributed by atoms with Crippen LogP contribution in [0.3, 0.4) is 0 Å². The Labute approximate surface area is 160 Å². The SMILES string of the molecule is Cl.O=C(CCC1CCNCC1)NCC(=O)Nc1cccc2ccccc12. The summed E-state index contributed by atoms with van der Waals surface area (Å²) in [5, 5.41) is 11.0. The quantitative estimate of drug-likeness (QED) is 0.726. The number of anilines is 1. The number of amides is 2. The second kappa shape index (κ2) is 10.1. The molecule has 0 unspecified atom stereocenters. The molecule has 0 bridgehead atoms. The lowest BCUT2D eigenvalue weighted by molar-refractivity contribution is -0.124. The first kappa shape index (κ1) is 20.2. The minimum absolute atomic E-state index is 0. The zero-order chi connectivity index (χ0) is 17.5. The van der Waals surface area contributed by atoms with Gasteiger partial charge in [-0.3, -0.25) is 9.59 Å². The van der Waals surface area contributed by atoms with E-state index in [1.165, 1.54) is 0 Å². The number of carbonyl (C=O) groups excluding carboxylic acids is 2. The largest absolute Gasteiger partial charge is 0.347 e. The van der Waals surface area contributed by atoms with Crippen LogP contribution in [0.25, 0.3) is 10.8 Å². The highest BCUT2D eigenvalue weighted by molar-refractivity contribution is 6.03. The maximum absolute atomic E-state index is 12.1. The Kier molecular flexibility index (Phi) is 7.88. The molecule has 1 aliphatic heterocycles. The molecule has 1 saturated heterocycles. The van der Waals surface area contributed by atoms with E-state index in [1.54, 1.807) is 0 Å². The fraction of sp³-hybridized carbons (Fsp3) is 0.400. The highest BCUT2D eigenvalue weighted by Gasteiger charge is 2.15. The number of benzene rings is 2. The third kappa shape index (κ3) is 5.71. The van der Waals surface area contributed by atoms with Gasteiger partial charge in [0.1, 0.15) is 0 Å². The van der Waals surface area contributed by atoms with Gasteiger partial charge in [0.15, 0.2) is 0 Å². The van der Waals surface area contributed by atoms with Crippen LogP contribution >= 0.6 is 12.4 Å². The van der Waals surface area contributed by atoms with E-state index in [1.807, 2.05) is 42.5 Å². The Bertz CT molecular complexity index is 739. The molecule has 0 aromatic heterocycles. The zero-order valence-electron chi connectivity index (χ0n) is 14.8. The molecule has 1 aliphatic rings. The molecule has 0 aliphatic carbocycles. The fourth-order valence-corrected chi connectivity index (χ4v) is 3.30. The van der Waals surface area contributed by atoms with Crippen LogP contribution in [0.1, 0.15) is 25.7 Å². The topological polar surface area (TPSA) is 70.2 Å². The normalized spacial score (nSPS) is 14.5. The van der Waals surface area contributed by atoms with Gasteiger partial charge in [-0.05, 0) is 49.7 Å². The molecule has 140 valence electrons. The van der Waals surface area contributed by atoms with Crippen molar-refractivity contribution in [1.82, 2.24) is 10.6 Å². The van der Waals surface area contributed by atoms with Crippen molar-refractivity contribution >= 4 is 40.7 Å². The maximum atomic E-state index is 12.1. The summed E-state index contributed by atoms with van der Waals surface area (Å²) in [4.78, 5) is 24.1. The number of piperidine rings is 1. The molecule has 0 atom stereocenters. The lowest BCUT2D eigenvalue weighted by Crippen LogP contribution is -2.33. The third-order valence-corrected chi connectivity index (χ3v) is 4.75. The van der Waals surface area contributed by atoms with E-state index in [4.69, 9.17) is 0 Å². The highest BCUT2D eigenvalue weighted by Crippen LogP contribution is 2.22. The summed E-state index contributed by atoms with van der Waals surface area (Å²) >= 11 is 0. The van der Waals surface area contributed by atoms with Gasteiger partial charge in [-0.1, -0.05) is 36.4 Å². The monoisotopic (exact) mass is 375 g/mol. The predicted octanol–water partition coefficient (Wildman–Crippen LogP) is 3.10. The molecule has 3 rings (SSSR count). The summed E-state index contributed by atoms with van der Waals surface area (Å²) < 4.78 is 0. The van der Waals surface area contributed by atoms with Gasteiger partial charge in [0.2, 0.25) is 11.8 Å². The van der Waals surface area contributed by atoms with Crippen LogP contribution in [-0.4, -0.2) is 31.4 Å². The van der Waals surface area contributed by atoms with Crippen LogP contribution in [-0.2, 0) is 9.59 Å². The van der Waals surface area contributed by atoms with Gasteiger partial charge in [0.05, 0.1) is 6.54 Å². The van der Waals surface area contributed by atoms with E-state index in [0.29, 0.717) is 12.3 Å². The van der Waals surface area contributed by atoms with E-state index >= 15 is 0 Å². The van der Waals surface area contributed by atoms with Crippen LogP contribution < -0.4 is 16.0 Å². The first-order chi connectivity index (χ1) is 12.2. The Morgan fingerprint density at radius 3 is 2.54 bits per heavy atom. The maximum Gasteiger partial charge on any atom is 0.243 e. The zero-order valence-corrected chi connectivity index (χ0v) is 15.6. The van der Waals surface area contributed by atoms with Gasteiger partial charge in [0.25, 0.3) is 0 Å². The molecule has 2 aromatic rings. The third-order valence-electron chi connectivity index (χ3n) is 4.75. The second-order valence-electron chi connectivity index (χ2n) is 6.58. The summed E-state index contributed by atoms with van der Waals surface area (Å²) in [7, 11) is 0. The van der Waals surface area contributed by atoms with Crippen molar-refractivity contribution in [2.45, 2.75) is 25.7 Å². The molecule has 26 heavy (non-hydrogen) atoms. The van der Waals surface area contributed by atoms with Crippen molar-refractivity contribution in [2.24, 2.45) is 5.92 Å². The Balaban J connectivity index is 0.00000243. The van der Waals surface area contributed by atoms with Gasteiger partial charge in [-0.15, -0.1) is 12.4 Å². The summed E-state index contributed by atoms with van der Waals surface area (Å²) in [5.41, 5.74) is 0.770. The minimum Gasteiger partial charge on any atom is -0.347 e. The van der Waals surface area contributed by atoms with E-state index in [-0.39, 0.29) is 30.8 Å². The van der Waals surface area contributed by atoms with Gasteiger partial charge >= 0.3 is 0 Å². The number of fused-ring (bicyclic) bond motifs is 1. The molecule has 3 N–H and O–H groups in total. The average molecular weight is 376 g/mol. The molecule has 2 amide bonds. The van der Waals surface area contributed by atoms with Crippen LogP contribution in [0.15, 0.2) is 42.5 Å². The number of carbonyl (C=O) groups is 2. The van der Waals surface area contributed by atoms with E-state index in [2.05, 4.69) is 16.0 Å². The Morgan fingerprint density at radius 1 is 1.00 bits per heavy atom. The van der Waals surface area contributed by atoms with Crippen LogP contribution in [0, 0.1) is 5.92 Å². The van der Waals surface area contributed by atoms with E-state index in [9.17, 15) is 9.59 Å². The molecule has 5 nitrogen and oxygen atoms in total. The van der Waals surface area contributed by atoms with Crippen molar-refractivity contribution in [1.29, 1.82) is 0 Å². The van der Waals surface area contributed by atoms with E-state index < -0.39 is 0 Å². The number of hydrogen-bond acceptors (Lipinski definition) is 3. The molecule has 0 radical (unpaired) electrons. The molecule has 0 spiro atoms. The molecular weight excluding hydrogens is 350 g/mol. The fourth-order valence-electron chi connectivity index (χ4n) is 3.30. The number of rotatable bonds is 6. The summed E-state index contributed by atoms with van der Waals surface area (Å²) in [6, 6.07) is 13.7. The Hall–Kier alpha value is -2.11. The van der Waals surface area contributed by atoms with Crippen molar-refractivity contribution in [3.8, 4) is 0 Å². The summed E-state index contributed by atoms with van der Waals surface area (Å²) in [5.74, 6) is 0.370. The van der Waals surface area contributed by atoms with Crippen molar-refractivity contribution in [2.75, 3.05) is 25.0 Å². The van der Waals surface area contributed by atoms with Crippen LogP contribution in [0.2, 0.25) is 0 Å². The van der Waals surface area contributed by atoms with Crippen LogP contribution in [0.4, 0.5) is 5.69 Å². The molecule has 2 aromatic carbocycles. The lowest BCUT2D eigenvalue weighted by atomic mass is 9.93. The molecular formula is C20H26ClN3O2. The van der Waals surface area contributed by atoms with Crippen LogP contribution in [0.5, 0.6) is 0 Å². The van der Waals surface area contributed by atoms with Gasteiger partial charge < -0.3 is 16.0 Å². The first-order valence-corrected chi connectivity index (χ1v) is 8.97. The van der Waals surface area contributed by atoms with E-state index in [0.717, 1.165) is 48.8 Å². The molecule has 6 heteroatoms. The lowest BCUT2D eigenvalue weighted by Gasteiger charge is -2.22. The number of nitrogens with one attached hydrogen (secondary N) is 3. The van der Waals surface area contributed by atoms with Gasteiger partial charge in [-0.2, -0.15) is 0 Å². The number of halogens is 1. The molecule has 1 fully saturated rings. The van der Waals surface area contributed by atoms with Crippen molar-refractivity contribution < 1.29 is 9.59 Å². The molecule has 0 saturated carbocycles. The molecule has 1 heterocycles. The summed E-state index contributed by atoms with van der Waals surface area (Å²) in [6.45, 7) is 2.09. The average Bonchev–Trinajstić information content (AvgIpc) is 2.66.